The van der Waals surface area contributed by atoms with Gasteiger partial charge in [0.05, 0.1) is 13.7 Å². The number of pyridine rings is 1. The lowest BCUT2D eigenvalue weighted by Gasteiger charge is -2.10. The fraction of sp³-hybridized carbons (Fsp3) is 0.222. The summed E-state index contributed by atoms with van der Waals surface area (Å²) < 4.78 is 12.1. The summed E-state index contributed by atoms with van der Waals surface area (Å²) in [5, 5.41) is 6.08. The lowest BCUT2D eigenvalue weighted by atomic mass is 10.1. The van der Waals surface area contributed by atoms with Crippen LogP contribution in [-0.2, 0) is 22.6 Å². The van der Waals surface area contributed by atoms with E-state index in [-0.39, 0.29) is 18.4 Å². The van der Waals surface area contributed by atoms with E-state index in [2.05, 4.69) is 10.6 Å². The lowest BCUT2D eigenvalue weighted by Crippen LogP contribution is -2.23. The summed E-state index contributed by atoms with van der Waals surface area (Å²) in [5.74, 6) is 0.752. The van der Waals surface area contributed by atoms with Crippen molar-refractivity contribution in [3.05, 3.63) is 83.6 Å². The van der Waals surface area contributed by atoms with Crippen LogP contribution < -0.4 is 21.1 Å². The molecule has 4 aromatic rings. The second-order valence-electron chi connectivity index (χ2n) is 8.05. The first-order valence-corrected chi connectivity index (χ1v) is 11.6. The number of hydrogen-bond donors (Lipinski definition) is 3. The summed E-state index contributed by atoms with van der Waals surface area (Å²) in [6, 6.07) is 18.7. The standard InChI is InChI=1S/C27H29N5O4/c1-3-36-24(33)17-29-26-25(20-7-9-22(35-2)10-8-20)31-23-14-21(11-12-32(23)26)27(34)30-16-19-6-4-5-18(13-19)15-28/h4-14,29H,3,15-17,28H2,1-2H3,(H,30,34). The van der Waals surface area contributed by atoms with Crippen LogP contribution >= 0.6 is 0 Å². The number of nitrogens with zero attached hydrogens (tertiary/aromatic N) is 2. The van der Waals surface area contributed by atoms with Crippen LogP contribution in [0.15, 0.2) is 66.9 Å². The van der Waals surface area contributed by atoms with Gasteiger partial charge in [-0.25, -0.2) is 4.98 Å². The highest BCUT2D eigenvalue weighted by atomic mass is 16.5. The number of esters is 1. The summed E-state index contributed by atoms with van der Waals surface area (Å²) in [4.78, 5) is 29.6. The molecule has 0 aliphatic heterocycles. The van der Waals surface area contributed by atoms with Crippen LogP contribution in [0.2, 0.25) is 0 Å². The van der Waals surface area contributed by atoms with E-state index < -0.39 is 0 Å². The average molecular weight is 488 g/mol. The van der Waals surface area contributed by atoms with Crippen molar-refractivity contribution < 1.29 is 19.1 Å². The van der Waals surface area contributed by atoms with Gasteiger partial charge < -0.3 is 25.8 Å². The van der Waals surface area contributed by atoms with Crippen LogP contribution in [0, 0.1) is 0 Å². The van der Waals surface area contributed by atoms with E-state index in [9.17, 15) is 9.59 Å². The number of anilines is 1. The zero-order valence-electron chi connectivity index (χ0n) is 20.3. The van der Waals surface area contributed by atoms with Crippen molar-refractivity contribution in [2.24, 2.45) is 5.73 Å². The molecule has 0 bridgehead atoms. The number of amides is 1. The lowest BCUT2D eigenvalue weighted by molar-refractivity contribution is -0.140. The molecule has 2 aromatic heterocycles. The summed E-state index contributed by atoms with van der Waals surface area (Å²) >= 11 is 0. The maximum absolute atomic E-state index is 12.9. The largest absolute Gasteiger partial charge is 0.497 e. The Bertz CT molecular complexity index is 1360. The Morgan fingerprint density at radius 2 is 1.83 bits per heavy atom. The Labute approximate surface area is 209 Å². The van der Waals surface area contributed by atoms with E-state index >= 15 is 0 Å². The molecule has 9 heteroatoms. The molecule has 0 unspecified atom stereocenters. The van der Waals surface area contributed by atoms with Gasteiger partial charge in [0, 0.05) is 30.4 Å². The van der Waals surface area contributed by atoms with Crippen LogP contribution in [-0.4, -0.2) is 41.5 Å². The van der Waals surface area contributed by atoms with E-state index in [1.807, 2.05) is 48.5 Å². The molecule has 0 saturated carbocycles. The van der Waals surface area contributed by atoms with Gasteiger partial charge in [0.2, 0.25) is 0 Å². The van der Waals surface area contributed by atoms with Gasteiger partial charge in [-0.05, 0) is 54.4 Å². The maximum atomic E-state index is 12.9. The molecule has 0 spiro atoms. The predicted molar refractivity (Wildman–Crippen MR) is 138 cm³/mol. The van der Waals surface area contributed by atoms with Crippen LogP contribution in [0.3, 0.4) is 0 Å². The van der Waals surface area contributed by atoms with E-state index in [0.29, 0.717) is 42.4 Å². The molecule has 2 heterocycles. The third-order valence-electron chi connectivity index (χ3n) is 5.64. The van der Waals surface area contributed by atoms with E-state index in [0.717, 1.165) is 22.4 Å². The second-order valence-corrected chi connectivity index (χ2v) is 8.05. The number of nitrogens with two attached hydrogens (primary N) is 1. The van der Waals surface area contributed by atoms with Crippen molar-refractivity contribution in [2.45, 2.75) is 20.0 Å². The smallest absolute Gasteiger partial charge is 0.325 e. The van der Waals surface area contributed by atoms with Crippen LogP contribution in [0.4, 0.5) is 5.82 Å². The van der Waals surface area contributed by atoms with Gasteiger partial charge in [-0.1, -0.05) is 24.3 Å². The fourth-order valence-electron chi connectivity index (χ4n) is 3.82. The Balaban J connectivity index is 1.61. The Hall–Kier alpha value is -4.37. The maximum Gasteiger partial charge on any atom is 0.325 e. The minimum Gasteiger partial charge on any atom is -0.497 e. The van der Waals surface area contributed by atoms with Gasteiger partial charge in [-0.15, -0.1) is 0 Å². The molecule has 0 saturated heterocycles. The number of benzene rings is 2. The normalized spacial score (nSPS) is 10.8. The number of nitrogens with one attached hydrogen (secondary N) is 2. The number of fused-ring (bicyclic) bond motifs is 1. The van der Waals surface area contributed by atoms with Gasteiger partial charge in [0.1, 0.15) is 29.5 Å². The first-order valence-electron chi connectivity index (χ1n) is 11.6. The Morgan fingerprint density at radius 1 is 1.06 bits per heavy atom. The highest BCUT2D eigenvalue weighted by molar-refractivity contribution is 5.95. The quantitative estimate of drug-likeness (QED) is 0.293. The monoisotopic (exact) mass is 487 g/mol. The molecule has 9 nitrogen and oxygen atoms in total. The first-order chi connectivity index (χ1) is 17.5. The summed E-state index contributed by atoms with van der Waals surface area (Å²) in [5.41, 5.74) is 10.2. The number of hydrogen-bond acceptors (Lipinski definition) is 7. The molecular weight excluding hydrogens is 458 g/mol. The molecule has 36 heavy (non-hydrogen) atoms. The molecule has 0 aliphatic rings. The molecule has 0 aliphatic carbocycles. The fourth-order valence-corrected chi connectivity index (χ4v) is 3.82. The molecule has 0 atom stereocenters. The summed E-state index contributed by atoms with van der Waals surface area (Å²) in [7, 11) is 1.60. The van der Waals surface area contributed by atoms with Crippen molar-refractivity contribution in [3.8, 4) is 17.0 Å². The number of carbonyl (C=O) groups is 2. The van der Waals surface area contributed by atoms with Crippen molar-refractivity contribution in [2.75, 3.05) is 25.6 Å². The number of methoxy groups -OCH3 is 1. The zero-order chi connectivity index (χ0) is 25.5. The van der Waals surface area contributed by atoms with Gasteiger partial charge in [0.15, 0.2) is 0 Å². The second kappa shape index (κ2) is 11.4. The highest BCUT2D eigenvalue weighted by Crippen LogP contribution is 2.30. The number of ether oxygens (including phenoxy) is 2. The predicted octanol–water partition coefficient (Wildman–Crippen LogP) is 3.37. The van der Waals surface area contributed by atoms with Crippen LogP contribution in [0.5, 0.6) is 5.75 Å². The Morgan fingerprint density at radius 3 is 2.56 bits per heavy atom. The average Bonchev–Trinajstić information content (AvgIpc) is 3.28. The molecular formula is C27H29N5O4. The molecule has 1 amide bonds. The molecule has 4 rings (SSSR count). The minimum absolute atomic E-state index is 0.0190. The Kier molecular flexibility index (Phi) is 7.82. The van der Waals surface area contributed by atoms with Crippen LogP contribution in [0.25, 0.3) is 16.9 Å². The van der Waals surface area contributed by atoms with Crippen molar-refractivity contribution in [1.82, 2.24) is 14.7 Å². The molecule has 0 radical (unpaired) electrons. The number of imidazole rings is 1. The highest BCUT2D eigenvalue weighted by Gasteiger charge is 2.17. The van der Waals surface area contributed by atoms with E-state index in [1.54, 1.807) is 36.8 Å². The molecule has 4 N–H and O–H groups in total. The summed E-state index contributed by atoms with van der Waals surface area (Å²) in [6.45, 7) is 2.87. The zero-order valence-corrected chi connectivity index (χ0v) is 20.3. The number of aromatic nitrogens is 2. The number of rotatable bonds is 10. The number of carbonyl (C=O) groups excluding carboxylic acids is 2. The summed E-state index contributed by atoms with van der Waals surface area (Å²) in [6.07, 6.45) is 1.76. The van der Waals surface area contributed by atoms with Gasteiger partial charge in [-0.3, -0.25) is 14.0 Å². The molecule has 0 fully saturated rings. The minimum atomic E-state index is -0.372. The van der Waals surface area contributed by atoms with Gasteiger partial charge >= 0.3 is 5.97 Å². The topological polar surface area (TPSA) is 120 Å². The van der Waals surface area contributed by atoms with Gasteiger partial charge in [0.25, 0.3) is 5.91 Å². The van der Waals surface area contributed by atoms with Gasteiger partial charge in [-0.2, -0.15) is 0 Å². The molecule has 2 aromatic carbocycles. The van der Waals surface area contributed by atoms with Crippen LogP contribution in [0.1, 0.15) is 28.4 Å². The van der Waals surface area contributed by atoms with E-state index in [1.165, 1.54) is 0 Å². The van der Waals surface area contributed by atoms with Crippen molar-refractivity contribution >= 4 is 23.3 Å². The van der Waals surface area contributed by atoms with E-state index in [4.69, 9.17) is 20.2 Å². The third-order valence-corrected chi connectivity index (χ3v) is 5.64. The molecule has 186 valence electrons. The first kappa shape index (κ1) is 24.7. The third kappa shape index (κ3) is 5.64. The van der Waals surface area contributed by atoms with Crippen molar-refractivity contribution in [3.63, 3.8) is 0 Å². The van der Waals surface area contributed by atoms with Crippen molar-refractivity contribution in [1.29, 1.82) is 0 Å². The SMILES string of the molecule is CCOC(=O)CNc1c(-c2ccc(OC)cc2)nc2cc(C(=O)NCc3cccc(CN)c3)ccn12.